The van der Waals surface area contributed by atoms with E-state index in [9.17, 15) is 9.18 Å². The summed E-state index contributed by atoms with van der Waals surface area (Å²) in [6.07, 6.45) is 0. The van der Waals surface area contributed by atoms with E-state index < -0.39 is 5.82 Å². The van der Waals surface area contributed by atoms with E-state index in [-0.39, 0.29) is 11.5 Å². The zero-order valence-electron chi connectivity index (χ0n) is 13.6. The van der Waals surface area contributed by atoms with E-state index in [0.717, 1.165) is 19.6 Å². The van der Waals surface area contributed by atoms with Gasteiger partial charge in [-0.1, -0.05) is 41.4 Å². The van der Waals surface area contributed by atoms with Crippen molar-refractivity contribution in [3.8, 4) is 0 Å². The van der Waals surface area contributed by atoms with Gasteiger partial charge in [0.2, 0.25) is 0 Å². The molecule has 1 aliphatic rings. The number of aryl methyl sites for hydroxylation is 1. The molecule has 0 saturated carbocycles. The average Bonchev–Trinajstić information content (AvgIpc) is 2.57. The quantitative estimate of drug-likeness (QED) is 0.845. The molecule has 0 unspecified atom stereocenters. The fraction of sp³-hybridized carbons (Fsp3) is 0.316. The third kappa shape index (κ3) is 3.94. The molecule has 126 valence electrons. The lowest BCUT2D eigenvalue weighted by Crippen LogP contribution is -2.48. The number of halogens is 2. The van der Waals surface area contributed by atoms with Crippen LogP contribution in [0.25, 0.3) is 0 Å². The van der Waals surface area contributed by atoms with Crippen molar-refractivity contribution in [3.63, 3.8) is 0 Å². The first-order valence-corrected chi connectivity index (χ1v) is 8.43. The normalized spacial score (nSPS) is 15.5. The number of hydrogen-bond acceptors (Lipinski definition) is 2. The van der Waals surface area contributed by atoms with Crippen molar-refractivity contribution in [2.45, 2.75) is 13.5 Å². The summed E-state index contributed by atoms with van der Waals surface area (Å²) >= 11 is 5.88. The highest BCUT2D eigenvalue weighted by atomic mass is 35.5. The van der Waals surface area contributed by atoms with E-state index in [1.165, 1.54) is 29.3 Å². The third-order valence-electron chi connectivity index (χ3n) is 4.31. The van der Waals surface area contributed by atoms with Gasteiger partial charge in [0.15, 0.2) is 0 Å². The molecule has 3 rings (SSSR count). The first-order chi connectivity index (χ1) is 11.5. The van der Waals surface area contributed by atoms with Crippen LogP contribution >= 0.6 is 11.6 Å². The van der Waals surface area contributed by atoms with Crippen LogP contribution in [0.15, 0.2) is 42.5 Å². The van der Waals surface area contributed by atoms with Crippen molar-refractivity contribution in [3.05, 3.63) is 70.0 Å². The van der Waals surface area contributed by atoms with Crippen molar-refractivity contribution in [2.75, 3.05) is 26.2 Å². The molecule has 3 nitrogen and oxygen atoms in total. The van der Waals surface area contributed by atoms with Crippen molar-refractivity contribution in [1.82, 2.24) is 9.80 Å². The molecule has 2 aromatic carbocycles. The third-order valence-corrected chi connectivity index (χ3v) is 4.54. The molecule has 0 aromatic heterocycles. The first-order valence-electron chi connectivity index (χ1n) is 8.05. The minimum atomic E-state index is -0.522. The number of benzene rings is 2. The predicted molar refractivity (Wildman–Crippen MR) is 93.8 cm³/mol. The Kier molecular flexibility index (Phi) is 5.17. The van der Waals surface area contributed by atoms with E-state index in [2.05, 4.69) is 36.1 Å². The van der Waals surface area contributed by atoms with Crippen molar-refractivity contribution in [1.29, 1.82) is 0 Å². The van der Waals surface area contributed by atoms with E-state index in [4.69, 9.17) is 11.6 Å². The van der Waals surface area contributed by atoms with Crippen LogP contribution in [-0.2, 0) is 6.54 Å². The zero-order chi connectivity index (χ0) is 17.1. The average molecular weight is 347 g/mol. The molecule has 0 N–H and O–H groups in total. The standard InChI is InChI=1S/C19H20ClFN2O/c1-14-3-2-4-15(11-14)13-22-7-9-23(10-8-22)19(24)17-12-16(20)5-6-18(17)21/h2-6,11-12H,7-10,13H2,1H3. The number of amides is 1. The van der Waals surface area contributed by atoms with Crippen LogP contribution < -0.4 is 0 Å². The lowest BCUT2D eigenvalue weighted by atomic mass is 10.1. The topological polar surface area (TPSA) is 23.6 Å². The van der Waals surface area contributed by atoms with Crippen LogP contribution in [0.4, 0.5) is 4.39 Å². The van der Waals surface area contributed by atoms with Gasteiger partial charge in [-0.15, -0.1) is 0 Å². The zero-order valence-corrected chi connectivity index (χ0v) is 14.4. The monoisotopic (exact) mass is 346 g/mol. The maximum Gasteiger partial charge on any atom is 0.256 e. The molecule has 2 aromatic rings. The Morgan fingerprint density at radius 1 is 1.12 bits per heavy atom. The van der Waals surface area contributed by atoms with E-state index >= 15 is 0 Å². The summed E-state index contributed by atoms with van der Waals surface area (Å²) < 4.78 is 13.9. The molecule has 0 spiro atoms. The molecular formula is C19H20ClFN2O. The Morgan fingerprint density at radius 3 is 2.58 bits per heavy atom. The van der Waals surface area contributed by atoms with Gasteiger partial charge in [-0.05, 0) is 30.7 Å². The fourth-order valence-electron chi connectivity index (χ4n) is 3.01. The summed E-state index contributed by atoms with van der Waals surface area (Å²) in [6.45, 7) is 5.70. The van der Waals surface area contributed by atoms with Gasteiger partial charge in [0.05, 0.1) is 5.56 Å². The fourth-order valence-corrected chi connectivity index (χ4v) is 3.18. The molecule has 0 aliphatic carbocycles. The Balaban J connectivity index is 1.60. The van der Waals surface area contributed by atoms with Gasteiger partial charge >= 0.3 is 0 Å². The highest BCUT2D eigenvalue weighted by Gasteiger charge is 2.24. The van der Waals surface area contributed by atoms with Crippen LogP contribution in [0.3, 0.4) is 0 Å². The van der Waals surface area contributed by atoms with Gasteiger partial charge < -0.3 is 4.90 Å². The van der Waals surface area contributed by atoms with Crippen LogP contribution in [0.1, 0.15) is 21.5 Å². The second kappa shape index (κ2) is 7.32. The summed E-state index contributed by atoms with van der Waals surface area (Å²) in [7, 11) is 0. The van der Waals surface area contributed by atoms with Crippen LogP contribution in [-0.4, -0.2) is 41.9 Å². The first kappa shape index (κ1) is 16.9. The highest BCUT2D eigenvalue weighted by Crippen LogP contribution is 2.18. The Bertz CT molecular complexity index is 742. The maximum atomic E-state index is 13.9. The number of nitrogens with zero attached hydrogens (tertiary/aromatic N) is 2. The summed E-state index contributed by atoms with van der Waals surface area (Å²) in [4.78, 5) is 16.5. The molecule has 24 heavy (non-hydrogen) atoms. The van der Waals surface area contributed by atoms with Gasteiger partial charge in [-0.3, -0.25) is 9.69 Å². The lowest BCUT2D eigenvalue weighted by Gasteiger charge is -2.35. The van der Waals surface area contributed by atoms with Crippen molar-refractivity contribution < 1.29 is 9.18 Å². The van der Waals surface area contributed by atoms with Gasteiger partial charge in [0, 0.05) is 37.7 Å². The molecule has 1 saturated heterocycles. The minimum absolute atomic E-state index is 0.0506. The lowest BCUT2D eigenvalue weighted by molar-refractivity contribution is 0.0624. The van der Waals surface area contributed by atoms with E-state index in [1.54, 1.807) is 4.90 Å². The molecule has 1 amide bonds. The molecule has 0 atom stereocenters. The highest BCUT2D eigenvalue weighted by molar-refractivity contribution is 6.31. The minimum Gasteiger partial charge on any atom is -0.336 e. The van der Waals surface area contributed by atoms with Gasteiger partial charge in [0.1, 0.15) is 5.82 Å². The van der Waals surface area contributed by atoms with Gasteiger partial charge in [-0.2, -0.15) is 0 Å². The molecular weight excluding hydrogens is 327 g/mol. The summed E-state index contributed by atoms with van der Waals surface area (Å²) in [5.41, 5.74) is 2.57. The molecule has 1 heterocycles. The largest absolute Gasteiger partial charge is 0.336 e. The number of carbonyl (C=O) groups is 1. The Labute approximate surface area is 146 Å². The molecule has 1 fully saturated rings. The SMILES string of the molecule is Cc1cccc(CN2CCN(C(=O)c3cc(Cl)ccc3F)CC2)c1. The smallest absolute Gasteiger partial charge is 0.256 e. The summed E-state index contributed by atoms with van der Waals surface area (Å²) in [5.74, 6) is -0.809. The van der Waals surface area contributed by atoms with Crippen molar-refractivity contribution in [2.24, 2.45) is 0 Å². The summed E-state index contributed by atoms with van der Waals surface area (Å²) in [6, 6.07) is 12.5. The molecule has 0 radical (unpaired) electrons. The molecule has 5 heteroatoms. The number of carbonyl (C=O) groups excluding carboxylic acids is 1. The van der Waals surface area contributed by atoms with E-state index in [0.29, 0.717) is 18.1 Å². The second-order valence-corrected chi connectivity index (χ2v) is 6.62. The van der Waals surface area contributed by atoms with Crippen LogP contribution in [0.2, 0.25) is 5.02 Å². The van der Waals surface area contributed by atoms with Gasteiger partial charge in [-0.25, -0.2) is 4.39 Å². The number of rotatable bonds is 3. The Hall–Kier alpha value is -1.91. The predicted octanol–water partition coefficient (Wildman–Crippen LogP) is 3.75. The maximum absolute atomic E-state index is 13.9. The Morgan fingerprint density at radius 2 is 1.88 bits per heavy atom. The second-order valence-electron chi connectivity index (χ2n) is 6.18. The van der Waals surface area contributed by atoms with Crippen LogP contribution in [0.5, 0.6) is 0 Å². The summed E-state index contributed by atoms with van der Waals surface area (Å²) in [5, 5.41) is 0.373. The van der Waals surface area contributed by atoms with Crippen molar-refractivity contribution >= 4 is 17.5 Å². The van der Waals surface area contributed by atoms with Crippen LogP contribution in [0, 0.1) is 12.7 Å². The molecule has 1 aliphatic heterocycles. The number of hydrogen-bond donors (Lipinski definition) is 0. The number of piperazine rings is 1. The van der Waals surface area contributed by atoms with E-state index in [1.807, 2.05) is 0 Å². The van der Waals surface area contributed by atoms with Gasteiger partial charge in [0.25, 0.3) is 5.91 Å². The molecule has 0 bridgehead atoms.